The summed E-state index contributed by atoms with van der Waals surface area (Å²) in [6, 6.07) is 6.48. The van der Waals surface area contributed by atoms with Crippen LogP contribution < -0.4 is 5.32 Å². The van der Waals surface area contributed by atoms with E-state index in [-0.39, 0.29) is 5.78 Å². The summed E-state index contributed by atoms with van der Waals surface area (Å²) in [6.45, 7) is 8.47. The highest BCUT2D eigenvalue weighted by molar-refractivity contribution is 6.10. The Balaban J connectivity index is 2.40. The lowest BCUT2D eigenvalue weighted by Crippen LogP contribution is -2.29. The SMILES string of the molecule is Cc1ccc2[nH]c(C)c(C(=O)CNC(C)C)c2c1. The van der Waals surface area contributed by atoms with E-state index in [0.717, 1.165) is 22.2 Å². The van der Waals surface area contributed by atoms with Gasteiger partial charge >= 0.3 is 0 Å². The molecule has 1 heterocycles. The molecule has 0 radical (unpaired) electrons. The van der Waals surface area contributed by atoms with Crippen molar-refractivity contribution in [2.45, 2.75) is 33.7 Å². The zero-order valence-corrected chi connectivity index (χ0v) is 11.4. The van der Waals surface area contributed by atoms with Gasteiger partial charge in [0.05, 0.1) is 6.54 Å². The number of aromatic nitrogens is 1. The minimum absolute atomic E-state index is 0.151. The van der Waals surface area contributed by atoms with Crippen LogP contribution in [0.15, 0.2) is 18.2 Å². The molecule has 0 saturated heterocycles. The number of ketones is 1. The Morgan fingerprint density at radius 3 is 2.72 bits per heavy atom. The topological polar surface area (TPSA) is 44.9 Å². The van der Waals surface area contributed by atoms with Gasteiger partial charge in [0.1, 0.15) is 0 Å². The molecule has 1 aromatic carbocycles. The Morgan fingerprint density at radius 2 is 2.06 bits per heavy atom. The summed E-state index contributed by atoms with van der Waals surface area (Å²) in [5.41, 5.74) is 3.98. The smallest absolute Gasteiger partial charge is 0.179 e. The van der Waals surface area contributed by atoms with Crippen LogP contribution in [0, 0.1) is 13.8 Å². The lowest BCUT2D eigenvalue weighted by Gasteiger charge is -2.07. The number of aryl methyl sites for hydroxylation is 2. The molecule has 0 aliphatic rings. The van der Waals surface area contributed by atoms with E-state index < -0.39 is 0 Å². The molecular weight excluding hydrogens is 224 g/mol. The summed E-state index contributed by atoms with van der Waals surface area (Å²) in [5, 5.41) is 4.21. The normalized spacial score (nSPS) is 11.4. The van der Waals surface area contributed by atoms with Crippen molar-refractivity contribution in [3.05, 3.63) is 35.0 Å². The van der Waals surface area contributed by atoms with Gasteiger partial charge in [-0.3, -0.25) is 4.79 Å². The first-order valence-corrected chi connectivity index (χ1v) is 6.34. The first-order chi connectivity index (χ1) is 8.49. The van der Waals surface area contributed by atoms with Crippen molar-refractivity contribution in [3.63, 3.8) is 0 Å². The maximum absolute atomic E-state index is 12.3. The second-order valence-corrected chi connectivity index (χ2v) is 5.13. The molecule has 18 heavy (non-hydrogen) atoms. The molecule has 2 N–H and O–H groups in total. The molecule has 96 valence electrons. The average Bonchev–Trinajstić information content (AvgIpc) is 2.61. The highest BCUT2D eigenvalue weighted by Crippen LogP contribution is 2.23. The molecule has 3 nitrogen and oxygen atoms in total. The number of fused-ring (bicyclic) bond motifs is 1. The molecule has 0 amide bonds. The molecule has 0 saturated carbocycles. The summed E-state index contributed by atoms with van der Waals surface area (Å²) in [5.74, 6) is 0.151. The van der Waals surface area contributed by atoms with Crippen LogP contribution in [0.25, 0.3) is 10.9 Å². The Morgan fingerprint density at radius 1 is 1.33 bits per heavy atom. The van der Waals surface area contributed by atoms with Gasteiger partial charge < -0.3 is 10.3 Å². The van der Waals surface area contributed by atoms with Gasteiger partial charge in [0.15, 0.2) is 5.78 Å². The van der Waals surface area contributed by atoms with Crippen LogP contribution >= 0.6 is 0 Å². The van der Waals surface area contributed by atoms with Crippen LogP contribution in [0.2, 0.25) is 0 Å². The van der Waals surface area contributed by atoms with E-state index in [0.29, 0.717) is 12.6 Å². The monoisotopic (exact) mass is 244 g/mol. The number of rotatable bonds is 4. The van der Waals surface area contributed by atoms with E-state index in [1.54, 1.807) is 0 Å². The predicted molar refractivity (Wildman–Crippen MR) is 75.2 cm³/mol. The van der Waals surface area contributed by atoms with Crippen LogP contribution in [0.4, 0.5) is 0 Å². The van der Waals surface area contributed by atoms with Crippen LogP contribution in [0.5, 0.6) is 0 Å². The highest BCUT2D eigenvalue weighted by Gasteiger charge is 2.15. The molecule has 0 aliphatic carbocycles. The Labute approximate surface area is 108 Å². The number of benzene rings is 1. The second kappa shape index (κ2) is 4.94. The number of H-pyrrole nitrogens is 1. The number of carbonyl (C=O) groups excluding carboxylic acids is 1. The highest BCUT2D eigenvalue weighted by atomic mass is 16.1. The van der Waals surface area contributed by atoms with E-state index in [1.807, 2.05) is 33.8 Å². The summed E-state index contributed by atoms with van der Waals surface area (Å²) in [6.07, 6.45) is 0. The molecule has 0 atom stereocenters. The summed E-state index contributed by atoms with van der Waals surface area (Å²) in [4.78, 5) is 15.5. The first-order valence-electron chi connectivity index (χ1n) is 6.34. The van der Waals surface area contributed by atoms with Crippen molar-refractivity contribution in [2.24, 2.45) is 0 Å². The van der Waals surface area contributed by atoms with Gasteiger partial charge in [0.25, 0.3) is 0 Å². The molecule has 3 heteroatoms. The fourth-order valence-corrected chi connectivity index (χ4v) is 2.18. The second-order valence-electron chi connectivity index (χ2n) is 5.13. The number of hydrogen-bond donors (Lipinski definition) is 2. The Kier molecular flexibility index (Phi) is 3.53. The molecule has 1 aromatic heterocycles. The summed E-state index contributed by atoms with van der Waals surface area (Å²) >= 11 is 0. The van der Waals surface area contributed by atoms with Crippen molar-refractivity contribution in [1.29, 1.82) is 0 Å². The number of hydrogen-bond acceptors (Lipinski definition) is 2. The maximum Gasteiger partial charge on any atom is 0.179 e. The summed E-state index contributed by atoms with van der Waals surface area (Å²) in [7, 11) is 0. The van der Waals surface area contributed by atoms with Crippen LogP contribution in [-0.4, -0.2) is 23.4 Å². The molecule has 0 spiro atoms. The average molecular weight is 244 g/mol. The third-order valence-electron chi connectivity index (χ3n) is 3.09. The summed E-state index contributed by atoms with van der Waals surface area (Å²) < 4.78 is 0. The van der Waals surface area contributed by atoms with Crippen molar-refractivity contribution in [3.8, 4) is 0 Å². The number of aromatic amines is 1. The Bertz CT molecular complexity index is 581. The van der Waals surface area contributed by atoms with Crippen molar-refractivity contribution < 1.29 is 4.79 Å². The quantitative estimate of drug-likeness (QED) is 0.812. The minimum Gasteiger partial charge on any atom is -0.358 e. The van der Waals surface area contributed by atoms with E-state index >= 15 is 0 Å². The molecule has 0 aliphatic heterocycles. The first kappa shape index (κ1) is 12.8. The van der Waals surface area contributed by atoms with E-state index in [1.165, 1.54) is 5.56 Å². The van der Waals surface area contributed by atoms with Crippen molar-refractivity contribution in [1.82, 2.24) is 10.3 Å². The van der Waals surface area contributed by atoms with E-state index in [2.05, 4.69) is 22.4 Å². The molecule has 2 rings (SSSR count). The fourth-order valence-electron chi connectivity index (χ4n) is 2.18. The molecule has 0 unspecified atom stereocenters. The number of nitrogens with one attached hydrogen (secondary N) is 2. The van der Waals surface area contributed by atoms with Gasteiger partial charge in [-0.25, -0.2) is 0 Å². The zero-order valence-electron chi connectivity index (χ0n) is 11.4. The third-order valence-corrected chi connectivity index (χ3v) is 3.09. The predicted octanol–water partition coefficient (Wildman–Crippen LogP) is 2.97. The van der Waals surface area contributed by atoms with Crippen LogP contribution in [0.1, 0.15) is 35.5 Å². The zero-order chi connectivity index (χ0) is 13.3. The lowest BCUT2D eigenvalue weighted by atomic mass is 10.0. The fraction of sp³-hybridized carbons (Fsp3) is 0.400. The number of Topliss-reactive ketones (excluding diaryl/α,β-unsaturated/α-hetero) is 1. The largest absolute Gasteiger partial charge is 0.358 e. The van der Waals surface area contributed by atoms with Crippen LogP contribution in [0.3, 0.4) is 0 Å². The van der Waals surface area contributed by atoms with Gasteiger partial charge in [-0.2, -0.15) is 0 Å². The van der Waals surface area contributed by atoms with Crippen LogP contribution in [-0.2, 0) is 0 Å². The molecule has 0 fully saturated rings. The maximum atomic E-state index is 12.3. The van der Waals surface area contributed by atoms with Gasteiger partial charge in [0, 0.05) is 28.2 Å². The van der Waals surface area contributed by atoms with E-state index in [9.17, 15) is 4.79 Å². The Hall–Kier alpha value is -1.61. The lowest BCUT2D eigenvalue weighted by molar-refractivity contribution is 0.0989. The minimum atomic E-state index is 0.151. The standard InChI is InChI=1S/C15H20N2O/c1-9(2)16-8-14(18)15-11(4)17-13-6-5-10(3)7-12(13)15/h5-7,9,16-17H,8H2,1-4H3. The van der Waals surface area contributed by atoms with Crippen molar-refractivity contribution in [2.75, 3.05) is 6.54 Å². The van der Waals surface area contributed by atoms with Gasteiger partial charge in [0.2, 0.25) is 0 Å². The van der Waals surface area contributed by atoms with Gasteiger partial charge in [-0.1, -0.05) is 25.5 Å². The molecule has 0 bridgehead atoms. The molecule has 2 aromatic rings. The third kappa shape index (κ3) is 2.46. The van der Waals surface area contributed by atoms with Crippen molar-refractivity contribution >= 4 is 16.7 Å². The van der Waals surface area contributed by atoms with Gasteiger partial charge in [-0.15, -0.1) is 0 Å². The van der Waals surface area contributed by atoms with Gasteiger partial charge in [-0.05, 0) is 26.0 Å². The molecular formula is C15H20N2O. The van der Waals surface area contributed by atoms with E-state index in [4.69, 9.17) is 0 Å². The number of carbonyl (C=O) groups is 1.